The van der Waals surface area contributed by atoms with Crippen LogP contribution in [0.2, 0.25) is 0 Å². The van der Waals surface area contributed by atoms with Crippen LogP contribution < -0.4 is 0 Å². The fourth-order valence-electron chi connectivity index (χ4n) is 10.6. The van der Waals surface area contributed by atoms with Crippen LogP contribution in [0.25, 0.3) is 0 Å². The van der Waals surface area contributed by atoms with E-state index in [9.17, 15) is 0 Å². The largest absolute Gasteiger partial charge is 0.0837 e. The molecule has 5 aliphatic carbocycles. The smallest absolute Gasteiger partial charge is 0.00872 e. The van der Waals surface area contributed by atoms with Crippen LogP contribution in [-0.4, -0.2) is 0 Å². The van der Waals surface area contributed by atoms with Crippen molar-refractivity contribution in [2.75, 3.05) is 0 Å². The fraction of sp³-hybridized carbons (Fsp3) is 0.933. The van der Waals surface area contributed by atoms with E-state index in [2.05, 4.69) is 67.5 Å². The molecule has 0 spiro atoms. The van der Waals surface area contributed by atoms with E-state index in [4.69, 9.17) is 0 Å². The second-order valence-corrected chi connectivity index (χ2v) is 15.0. The van der Waals surface area contributed by atoms with Gasteiger partial charge in [0, 0.05) is 0 Å². The summed E-state index contributed by atoms with van der Waals surface area (Å²) in [6, 6.07) is 0. The van der Waals surface area contributed by atoms with Crippen LogP contribution in [0.15, 0.2) is 12.2 Å². The third-order valence-electron chi connectivity index (χ3n) is 13.2. The van der Waals surface area contributed by atoms with Crippen LogP contribution in [0.4, 0.5) is 0 Å². The van der Waals surface area contributed by atoms with Gasteiger partial charge in [-0.3, -0.25) is 0 Å². The molecule has 0 aromatic rings. The van der Waals surface area contributed by atoms with Crippen molar-refractivity contribution >= 4 is 0 Å². The van der Waals surface area contributed by atoms with Gasteiger partial charge in [0.1, 0.15) is 0 Å². The van der Waals surface area contributed by atoms with Gasteiger partial charge >= 0.3 is 0 Å². The zero-order valence-corrected chi connectivity index (χ0v) is 21.5. The third-order valence-corrected chi connectivity index (χ3v) is 13.2. The summed E-state index contributed by atoms with van der Waals surface area (Å²) in [5.41, 5.74) is 3.03. The molecule has 0 heterocycles. The third kappa shape index (κ3) is 2.52. The topological polar surface area (TPSA) is 0 Å². The summed E-state index contributed by atoms with van der Waals surface area (Å²) in [5, 5.41) is 0. The maximum Gasteiger partial charge on any atom is -0.00872 e. The van der Waals surface area contributed by atoms with Gasteiger partial charge in [0.25, 0.3) is 0 Å². The van der Waals surface area contributed by atoms with Gasteiger partial charge in [-0.15, -0.1) is 0 Å². The summed E-state index contributed by atoms with van der Waals surface area (Å²) in [6.07, 6.45) is 20.1. The van der Waals surface area contributed by atoms with E-state index in [1.165, 1.54) is 64.2 Å². The summed E-state index contributed by atoms with van der Waals surface area (Å²) in [4.78, 5) is 0. The van der Waals surface area contributed by atoms with E-state index in [0.717, 1.165) is 23.7 Å². The van der Waals surface area contributed by atoms with Crippen LogP contribution in [0.1, 0.15) is 120 Å². The van der Waals surface area contributed by atoms with Gasteiger partial charge in [-0.05, 0) is 114 Å². The molecule has 30 heavy (non-hydrogen) atoms. The highest BCUT2D eigenvalue weighted by molar-refractivity contribution is 5.26. The average molecular weight is 411 g/mol. The van der Waals surface area contributed by atoms with Crippen LogP contribution in [0.5, 0.6) is 0 Å². The Bertz CT molecular complexity index is 745. The van der Waals surface area contributed by atoms with Crippen molar-refractivity contribution in [3.63, 3.8) is 0 Å². The number of hydrogen-bond acceptors (Lipinski definition) is 0. The van der Waals surface area contributed by atoms with Crippen molar-refractivity contribution in [3.05, 3.63) is 12.2 Å². The molecule has 0 saturated heterocycles. The molecule has 5 rings (SSSR count). The van der Waals surface area contributed by atoms with Gasteiger partial charge in [-0.1, -0.05) is 74.0 Å². The standard InChI is InChI=1S/C30H50/c1-21-10-9-11-22-27(21,5)13-12-23-28(22,6)17-19-30(8)24-20-25(2,3)14-15-26(24,4)16-18-29(23,30)7/h12-13,21-24H,9-11,14-20H2,1-8H3. The molecule has 0 aromatic carbocycles. The Kier molecular flexibility index (Phi) is 4.46. The highest BCUT2D eigenvalue weighted by atomic mass is 14.7. The minimum atomic E-state index is 0.434. The van der Waals surface area contributed by atoms with Crippen LogP contribution in [0.3, 0.4) is 0 Å². The molecule has 9 unspecified atom stereocenters. The van der Waals surface area contributed by atoms with Crippen molar-refractivity contribution in [3.8, 4) is 0 Å². The van der Waals surface area contributed by atoms with Gasteiger partial charge in [0.15, 0.2) is 0 Å². The first kappa shape index (κ1) is 21.6. The molecule has 0 heteroatoms. The van der Waals surface area contributed by atoms with Gasteiger partial charge in [0.05, 0.1) is 0 Å². The second kappa shape index (κ2) is 6.20. The Morgan fingerprint density at radius 1 is 0.700 bits per heavy atom. The maximum absolute atomic E-state index is 2.80. The lowest BCUT2D eigenvalue weighted by Gasteiger charge is -2.73. The number of allylic oxidation sites excluding steroid dienone is 2. The number of hydrogen-bond donors (Lipinski definition) is 0. The molecule has 4 saturated carbocycles. The van der Waals surface area contributed by atoms with Gasteiger partial charge in [-0.25, -0.2) is 0 Å². The summed E-state index contributed by atoms with van der Waals surface area (Å²) in [5.74, 6) is 3.42. The lowest BCUT2D eigenvalue weighted by atomic mass is 9.31. The molecule has 4 fully saturated rings. The van der Waals surface area contributed by atoms with Crippen molar-refractivity contribution in [1.29, 1.82) is 0 Å². The average Bonchev–Trinajstić information content (AvgIpc) is 2.67. The summed E-state index contributed by atoms with van der Waals surface area (Å²) < 4.78 is 0. The van der Waals surface area contributed by atoms with E-state index in [-0.39, 0.29) is 0 Å². The maximum atomic E-state index is 2.80. The van der Waals surface area contributed by atoms with E-state index >= 15 is 0 Å². The quantitative estimate of drug-likeness (QED) is 0.349. The molecule has 9 atom stereocenters. The first-order valence-corrected chi connectivity index (χ1v) is 13.5. The Balaban J connectivity index is 1.59. The Hall–Kier alpha value is -0.260. The zero-order chi connectivity index (χ0) is 21.8. The highest BCUT2D eigenvalue weighted by Gasteiger charge is 2.69. The minimum Gasteiger partial charge on any atom is -0.0837 e. The van der Waals surface area contributed by atoms with E-state index in [1.54, 1.807) is 0 Å². The summed E-state index contributed by atoms with van der Waals surface area (Å²) in [7, 11) is 0. The lowest BCUT2D eigenvalue weighted by molar-refractivity contribution is -0.230. The Morgan fingerprint density at radius 2 is 1.37 bits per heavy atom. The molecule has 170 valence electrons. The van der Waals surface area contributed by atoms with Gasteiger partial charge in [-0.2, -0.15) is 0 Å². The van der Waals surface area contributed by atoms with Gasteiger partial charge < -0.3 is 0 Å². The molecule has 0 radical (unpaired) electrons. The summed E-state index contributed by atoms with van der Waals surface area (Å²) >= 11 is 0. The normalized spacial score (nSPS) is 59.5. The first-order chi connectivity index (χ1) is 13.8. The SMILES string of the molecule is CC1CCCC2C1(C)C=CC1C2(C)CCC2(C)C3CC(C)(C)CCC3(C)CCC12C. The number of rotatable bonds is 0. The summed E-state index contributed by atoms with van der Waals surface area (Å²) in [6.45, 7) is 21.2. The van der Waals surface area contributed by atoms with E-state index in [0.29, 0.717) is 32.5 Å². The molecule has 0 amide bonds. The van der Waals surface area contributed by atoms with Crippen molar-refractivity contribution in [1.82, 2.24) is 0 Å². The molecule has 0 bridgehead atoms. The fourth-order valence-corrected chi connectivity index (χ4v) is 10.6. The monoisotopic (exact) mass is 410 g/mol. The first-order valence-electron chi connectivity index (χ1n) is 13.5. The predicted molar refractivity (Wildman–Crippen MR) is 129 cm³/mol. The second-order valence-electron chi connectivity index (χ2n) is 15.0. The Morgan fingerprint density at radius 3 is 2.10 bits per heavy atom. The number of fused-ring (bicyclic) bond motifs is 7. The molecular weight excluding hydrogens is 360 g/mol. The van der Waals surface area contributed by atoms with E-state index in [1.807, 2.05) is 0 Å². The van der Waals surface area contributed by atoms with Crippen LogP contribution in [0, 0.1) is 56.2 Å². The molecule has 0 N–H and O–H groups in total. The van der Waals surface area contributed by atoms with Crippen LogP contribution >= 0.6 is 0 Å². The van der Waals surface area contributed by atoms with Crippen molar-refractivity contribution in [2.24, 2.45) is 56.2 Å². The van der Waals surface area contributed by atoms with Gasteiger partial charge in [0.2, 0.25) is 0 Å². The van der Waals surface area contributed by atoms with Crippen molar-refractivity contribution in [2.45, 2.75) is 120 Å². The van der Waals surface area contributed by atoms with Crippen LogP contribution in [-0.2, 0) is 0 Å². The molecule has 0 nitrogen and oxygen atoms in total. The lowest BCUT2D eigenvalue weighted by Crippen LogP contribution is -2.66. The van der Waals surface area contributed by atoms with Crippen molar-refractivity contribution < 1.29 is 0 Å². The molecular formula is C30H50. The molecule has 0 aromatic heterocycles. The minimum absolute atomic E-state index is 0.434. The molecule has 5 aliphatic rings. The molecule has 0 aliphatic heterocycles. The predicted octanol–water partition coefficient (Wildman–Crippen LogP) is 9.05. The van der Waals surface area contributed by atoms with E-state index < -0.39 is 0 Å². The Labute approximate surface area is 188 Å². The highest BCUT2D eigenvalue weighted by Crippen LogP contribution is 2.77. The zero-order valence-electron chi connectivity index (χ0n) is 21.5.